The van der Waals surface area contributed by atoms with Crippen LogP contribution >= 0.6 is 7.82 Å². The number of rotatable bonds is 0. The first kappa shape index (κ1) is 42.7. The van der Waals surface area contributed by atoms with Gasteiger partial charge < -0.3 is 47.9 Å². The van der Waals surface area contributed by atoms with Crippen molar-refractivity contribution in [3.05, 3.63) is 0 Å². The molecule has 0 aromatic heterocycles. The molecule has 0 aliphatic rings. The molecule has 9 nitrogen and oxygen atoms in total. The van der Waals surface area contributed by atoms with E-state index in [1.54, 1.807) is 0 Å². The van der Waals surface area contributed by atoms with Gasteiger partial charge in [-0.2, -0.15) is 0 Å². The van der Waals surface area contributed by atoms with Gasteiger partial charge in [-0.1, -0.05) is 0 Å². The van der Waals surface area contributed by atoms with Crippen molar-refractivity contribution in [1.29, 1.82) is 0 Å². The predicted molar refractivity (Wildman–Crippen MR) is 56.4 cm³/mol. The molecule has 0 aromatic carbocycles. The Labute approximate surface area is 205 Å². The molecule has 0 amide bonds. The first-order chi connectivity index (χ1) is 4.00. The van der Waals surface area contributed by atoms with Gasteiger partial charge in [0.15, 0.2) is 0 Å². The van der Waals surface area contributed by atoms with Crippen LogP contribution in [0.3, 0.4) is 0 Å². The zero-order valence-electron chi connectivity index (χ0n) is 13.8. The zero-order chi connectivity index (χ0) is 9.00. The van der Waals surface area contributed by atoms with Crippen molar-refractivity contribution in [1.82, 2.24) is 0 Å². The molecule has 0 fully saturated rings. The molecular formula is H15Ca2O9PSiSrZn. The Morgan fingerprint density at radius 2 is 0.933 bits per heavy atom. The summed E-state index contributed by atoms with van der Waals surface area (Å²) in [5.74, 6) is 0. The molecule has 0 aliphatic carbocycles. The van der Waals surface area contributed by atoms with Crippen molar-refractivity contribution in [2.75, 3.05) is 0 Å². The summed E-state index contributed by atoms with van der Waals surface area (Å²) in [6.07, 6.45) is 0. The normalized spacial score (nSPS) is 7.93. The molecular weight excluding hydrogens is 436 g/mol. The van der Waals surface area contributed by atoms with E-state index < -0.39 is 16.9 Å². The molecule has 0 radical (unpaired) electrons. The Balaban J connectivity index is -0.00000000364. The van der Waals surface area contributed by atoms with Gasteiger partial charge in [-0.25, -0.2) is 4.57 Å². The summed E-state index contributed by atoms with van der Waals surface area (Å²) in [6.45, 7) is 0. The monoisotopic (exact) mass is 450 g/mol. The van der Waals surface area contributed by atoms with E-state index in [0.29, 0.717) is 0 Å². The number of hydrogen-bond acceptors (Lipinski definition) is 5. The second-order valence-electron chi connectivity index (χ2n) is 1.11. The van der Waals surface area contributed by atoms with Gasteiger partial charge in [0.25, 0.3) is 0 Å². The van der Waals surface area contributed by atoms with Gasteiger partial charge in [0.1, 0.15) is 0 Å². The van der Waals surface area contributed by atoms with Crippen molar-refractivity contribution in [3.8, 4) is 0 Å². The number of phosphoric acid groups is 1. The van der Waals surface area contributed by atoms with Crippen LogP contribution < -0.4 is 0 Å². The van der Waals surface area contributed by atoms with Gasteiger partial charge >= 0.3 is 138 Å². The fraction of sp³-hybridized carbons (Fsp3) is 0. The SMILES string of the molecule is O.O=P(O)(O)O.O[Si](O)(O)O.[Ca+2].[Ca+2].[H-].[H-].[H-].[H-].[H-].[H-].[Sr+2].[Zn]. The topological polar surface area (TPSA) is 190 Å². The first-order valence-electron chi connectivity index (χ1n) is 1.68. The average Bonchev–Trinajstić information content (AvgIpc) is 1.12. The minimum atomic E-state index is -4.64. The predicted octanol–water partition coefficient (Wildman–Crippen LogP) is -4.83. The maximum Gasteiger partial charge on any atom is 2.00 e. The van der Waals surface area contributed by atoms with Gasteiger partial charge in [0, 0.05) is 19.5 Å². The van der Waals surface area contributed by atoms with Crippen molar-refractivity contribution >= 4 is 138 Å². The van der Waals surface area contributed by atoms with E-state index >= 15 is 0 Å². The van der Waals surface area contributed by atoms with Crippen molar-refractivity contribution in [2.24, 2.45) is 0 Å². The second kappa shape index (κ2) is 21.1. The molecule has 86 valence electrons. The molecule has 0 heterocycles. The summed E-state index contributed by atoms with van der Waals surface area (Å²) < 4.78 is 8.88. The standard InChI is InChI=1S/2Ca.H3O4P.H4O4Si.H2O.Sr.Zn.6H/c;;2*1-5(2,3)4;;;;;;;;;/h;;(H3,1,2,3,4);1-4H;1H2;;;;;;;;/q2*+2;;;;+2;;6*-1. The van der Waals surface area contributed by atoms with E-state index in [9.17, 15) is 0 Å². The largest absolute Gasteiger partial charge is 2.00 e. The quantitative estimate of drug-likeness (QED) is 0.141. The Bertz CT molecular complexity index is 138. The fourth-order valence-corrected chi connectivity index (χ4v) is 0. The molecule has 0 saturated carbocycles. The molecule has 0 unspecified atom stereocenters. The Hall–Kier alpha value is 4.75. The Morgan fingerprint density at radius 1 is 0.933 bits per heavy atom. The maximum absolute atomic E-state index is 8.88. The minimum absolute atomic E-state index is 0. The zero-order valence-corrected chi connectivity index (χ0v) is 20.6. The Morgan fingerprint density at radius 3 is 0.933 bits per heavy atom. The van der Waals surface area contributed by atoms with Crippen LogP contribution in [0.5, 0.6) is 0 Å². The van der Waals surface area contributed by atoms with Crippen molar-refractivity contribution < 1.29 is 71.9 Å². The van der Waals surface area contributed by atoms with E-state index in [1.165, 1.54) is 0 Å². The van der Waals surface area contributed by atoms with Crippen LogP contribution in [0.1, 0.15) is 8.56 Å². The van der Waals surface area contributed by atoms with Crippen molar-refractivity contribution in [2.45, 2.75) is 0 Å². The minimum Gasteiger partial charge on any atom is -1.00 e. The van der Waals surface area contributed by atoms with E-state index in [4.69, 9.17) is 38.4 Å². The molecule has 0 saturated heterocycles. The summed E-state index contributed by atoms with van der Waals surface area (Å²) in [5, 5.41) is 0. The number of hydrogen-bond donors (Lipinski definition) is 7. The molecule has 0 bridgehead atoms. The van der Waals surface area contributed by atoms with Crippen LogP contribution in [-0.4, -0.2) is 169 Å². The smallest absolute Gasteiger partial charge is 1.00 e. The molecule has 0 atom stereocenters. The van der Waals surface area contributed by atoms with Gasteiger partial charge in [-0.3, -0.25) is 0 Å². The van der Waals surface area contributed by atoms with Gasteiger partial charge in [0.2, 0.25) is 0 Å². The third-order valence-corrected chi connectivity index (χ3v) is 0. The van der Waals surface area contributed by atoms with Gasteiger partial charge in [-0.15, -0.1) is 0 Å². The summed E-state index contributed by atoms with van der Waals surface area (Å²) in [5.41, 5.74) is 0. The molecule has 0 rings (SSSR count). The van der Waals surface area contributed by atoms with Crippen LogP contribution in [0.15, 0.2) is 0 Å². The van der Waals surface area contributed by atoms with E-state index in [-0.39, 0.29) is 154 Å². The molecule has 0 aliphatic heterocycles. The van der Waals surface area contributed by atoms with Crippen LogP contribution in [0.4, 0.5) is 0 Å². The van der Waals surface area contributed by atoms with Crippen molar-refractivity contribution in [3.63, 3.8) is 0 Å². The van der Waals surface area contributed by atoms with Crippen LogP contribution in [-0.2, 0) is 24.0 Å². The summed E-state index contributed by atoms with van der Waals surface area (Å²) in [4.78, 5) is 50.9. The summed E-state index contributed by atoms with van der Waals surface area (Å²) in [6, 6.07) is 0. The molecule has 15 heavy (non-hydrogen) atoms. The van der Waals surface area contributed by atoms with Crippen LogP contribution in [0.25, 0.3) is 0 Å². The van der Waals surface area contributed by atoms with Gasteiger partial charge in [0.05, 0.1) is 0 Å². The first-order valence-corrected chi connectivity index (χ1v) is 5.03. The summed E-state index contributed by atoms with van der Waals surface area (Å²) >= 11 is 0. The van der Waals surface area contributed by atoms with Crippen LogP contribution in [0, 0.1) is 0 Å². The van der Waals surface area contributed by atoms with E-state index in [0.717, 1.165) is 0 Å². The fourth-order valence-electron chi connectivity index (χ4n) is 0. The Kier molecular flexibility index (Phi) is 60.0. The summed E-state index contributed by atoms with van der Waals surface area (Å²) in [7, 11) is -9.25. The third-order valence-electron chi connectivity index (χ3n) is 0. The van der Waals surface area contributed by atoms with E-state index in [1.807, 2.05) is 0 Å². The van der Waals surface area contributed by atoms with Crippen LogP contribution in [0.2, 0.25) is 0 Å². The maximum atomic E-state index is 8.88. The molecule has 0 spiro atoms. The van der Waals surface area contributed by atoms with E-state index in [2.05, 4.69) is 0 Å². The molecule has 0 aromatic rings. The molecule has 15 heteroatoms. The second-order valence-corrected chi connectivity index (χ2v) is 3.34. The van der Waals surface area contributed by atoms with Gasteiger partial charge in [-0.05, 0) is 0 Å². The average molecular weight is 451 g/mol. The molecule has 9 N–H and O–H groups in total. The third kappa shape index (κ3) is 233.